The molecule has 9 N–H and O–H groups in total. The van der Waals surface area contributed by atoms with Crippen molar-refractivity contribution in [3.8, 4) is 0 Å². The smallest absolute Gasteiger partial charge is 0.311 e. The number of aliphatic imine (C=N–C) groups is 1. The summed E-state index contributed by atoms with van der Waals surface area (Å²) in [5.41, 5.74) is 1.60. The van der Waals surface area contributed by atoms with E-state index in [1.807, 2.05) is 0 Å². The van der Waals surface area contributed by atoms with Gasteiger partial charge in [-0.15, -0.1) is 0 Å². The fourth-order valence-corrected chi connectivity index (χ4v) is 4.63. The van der Waals surface area contributed by atoms with Gasteiger partial charge in [-0.3, -0.25) is 0 Å². The van der Waals surface area contributed by atoms with Crippen molar-refractivity contribution in [3.63, 3.8) is 0 Å². The Morgan fingerprint density at radius 1 is 1.24 bits per heavy atom. The molecule has 4 heterocycles. The molecule has 0 aromatic carbocycles. The van der Waals surface area contributed by atoms with Crippen molar-refractivity contribution in [2.75, 3.05) is 13.2 Å². The van der Waals surface area contributed by atoms with Crippen molar-refractivity contribution in [3.05, 3.63) is 0 Å². The first-order valence-electron chi connectivity index (χ1n) is 7.86. The van der Waals surface area contributed by atoms with Gasteiger partial charge in [0.25, 0.3) is 5.91 Å². The fourth-order valence-electron chi connectivity index (χ4n) is 4.63. The third kappa shape index (κ3) is 1.74. The fraction of sp³-hybridized carbons (Fsp3) is 0.923. The highest BCUT2D eigenvalue weighted by Gasteiger charge is 2.85. The lowest BCUT2D eigenvalue weighted by Crippen LogP contribution is -2.96. The van der Waals surface area contributed by atoms with Gasteiger partial charge in [0.05, 0.1) is 12.5 Å². The van der Waals surface area contributed by atoms with Gasteiger partial charge in [-0.1, -0.05) is 0 Å². The third-order valence-electron chi connectivity index (χ3n) is 5.61. The average Bonchev–Trinajstić information content (AvgIpc) is 2.52. The maximum absolute atomic E-state index is 10.9. The number of hydrogen-bond acceptors (Lipinski definition) is 12. The summed E-state index contributed by atoms with van der Waals surface area (Å²) in [7, 11) is 0. The second kappa shape index (κ2) is 4.79. The summed E-state index contributed by atoms with van der Waals surface area (Å²) in [5.74, 6) is -6.79. The second-order valence-corrected chi connectivity index (χ2v) is 6.83. The summed E-state index contributed by atoms with van der Waals surface area (Å²) in [4.78, 5) is 3.80. The number of guanidine groups is 1. The number of aliphatic hydroxyl groups excluding tert-OH is 3. The van der Waals surface area contributed by atoms with Gasteiger partial charge in [-0.2, -0.15) is 4.99 Å². The minimum atomic E-state index is -2.59. The summed E-state index contributed by atoms with van der Waals surface area (Å²) in [6.45, 7) is 0.622. The molecule has 0 amide bonds. The van der Waals surface area contributed by atoms with Crippen molar-refractivity contribution in [2.24, 2.45) is 16.6 Å². The molecule has 25 heavy (non-hydrogen) atoms. The van der Waals surface area contributed by atoms with E-state index in [0.29, 0.717) is 0 Å². The third-order valence-corrected chi connectivity index (χ3v) is 5.61. The van der Waals surface area contributed by atoms with Crippen LogP contribution in [0.15, 0.2) is 4.99 Å². The van der Waals surface area contributed by atoms with Gasteiger partial charge >= 0.3 is 5.97 Å². The van der Waals surface area contributed by atoms with E-state index in [0.717, 1.165) is 0 Å². The largest absolute Gasteiger partial charge is 0.393 e. The molecule has 4 fully saturated rings. The second-order valence-electron chi connectivity index (χ2n) is 6.83. The Bertz CT molecular complexity index is 636. The Morgan fingerprint density at radius 3 is 2.48 bits per heavy atom. The standard InChI is InChI=1S/C13H21N3O9/c1-2-23-12(21)4-6-10(20,3-17)7-5(18)11(4,15-9(14)16-12)8(19)13(22,24-6)25-7/h4-8,17-22H,2-3H2,1H3,(H3,14,15,16)/t4-,5?,6+,7-,8-,10-,11+,12-,13-/m0/s1. The molecule has 4 aliphatic heterocycles. The number of aliphatic hydroxyl groups is 6. The van der Waals surface area contributed by atoms with Gasteiger partial charge < -0.3 is 55.9 Å². The van der Waals surface area contributed by atoms with Crippen LogP contribution >= 0.6 is 0 Å². The van der Waals surface area contributed by atoms with E-state index in [-0.39, 0.29) is 12.6 Å². The first-order valence-corrected chi connectivity index (χ1v) is 7.86. The highest BCUT2D eigenvalue weighted by Crippen LogP contribution is 2.60. The van der Waals surface area contributed by atoms with Crippen LogP contribution in [0.5, 0.6) is 0 Å². The Kier molecular flexibility index (Phi) is 3.32. The molecule has 3 saturated heterocycles. The van der Waals surface area contributed by atoms with Crippen molar-refractivity contribution < 1.29 is 44.8 Å². The van der Waals surface area contributed by atoms with Crippen LogP contribution in [0.4, 0.5) is 0 Å². The van der Waals surface area contributed by atoms with Crippen LogP contribution in [-0.2, 0) is 14.2 Å². The van der Waals surface area contributed by atoms with Crippen LogP contribution in [0.2, 0.25) is 0 Å². The topological polar surface area (TPSA) is 199 Å². The molecule has 1 unspecified atom stereocenters. The van der Waals surface area contributed by atoms with Crippen LogP contribution in [0.3, 0.4) is 0 Å². The first-order chi connectivity index (χ1) is 11.6. The van der Waals surface area contributed by atoms with E-state index in [2.05, 4.69) is 10.3 Å². The SMILES string of the molecule is CCO[C@]1(O)N=C(N)N[C@@]23C(O)[C@@H]4O[C@@](O)(O[C@H]([C@@H]21)[C@@]4(O)CO)[C@H]3O. The minimum Gasteiger partial charge on any atom is -0.393 e. The predicted octanol–water partition coefficient (Wildman–Crippen LogP) is -5.16. The van der Waals surface area contributed by atoms with E-state index < -0.39 is 60.0 Å². The van der Waals surface area contributed by atoms with Gasteiger partial charge in [0.2, 0.25) is 0 Å². The van der Waals surface area contributed by atoms with Crippen LogP contribution in [0.25, 0.3) is 0 Å². The van der Waals surface area contributed by atoms with Crippen LogP contribution in [0, 0.1) is 5.92 Å². The number of nitrogens with zero attached hydrogens (tertiary/aromatic N) is 1. The number of nitrogens with one attached hydrogen (secondary N) is 1. The molecule has 4 bridgehead atoms. The minimum absolute atomic E-state index is 0.0273. The summed E-state index contributed by atoms with van der Waals surface area (Å²) < 4.78 is 15.7. The summed E-state index contributed by atoms with van der Waals surface area (Å²) in [6, 6.07) is 0. The van der Waals surface area contributed by atoms with Crippen molar-refractivity contribution in [1.82, 2.24) is 5.32 Å². The summed E-state index contributed by atoms with van der Waals surface area (Å²) in [6.07, 6.45) is -6.66. The van der Waals surface area contributed by atoms with Crippen LogP contribution < -0.4 is 11.1 Å². The van der Waals surface area contributed by atoms with Crippen LogP contribution in [-0.4, -0.2) is 97.3 Å². The maximum atomic E-state index is 10.9. The van der Waals surface area contributed by atoms with E-state index >= 15 is 0 Å². The van der Waals surface area contributed by atoms with Gasteiger partial charge in [-0.25, -0.2) is 0 Å². The monoisotopic (exact) mass is 363 g/mol. The molecule has 1 spiro atoms. The molecule has 12 nitrogen and oxygen atoms in total. The molecule has 0 aromatic rings. The number of ether oxygens (including phenoxy) is 3. The molecule has 142 valence electrons. The Balaban J connectivity index is 1.96. The van der Waals surface area contributed by atoms with Crippen molar-refractivity contribution in [1.29, 1.82) is 0 Å². The molecule has 1 aliphatic carbocycles. The van der Waals surface area contributed by atoms with Crippen molar-refractivity contribution in [2.45, 2.75) is 54.4 Å². The van der Waals surface area contributed by atoms with E-state index in [1.54, 1.807) is 6.92 Å². The first kappa shape index (κ1) is 17.3. The van der Waals surface area contributed by atoms with Crippen molar-refractivity contribution >= 4 is 5.96 Å². The van der Waals surface area contributed by atoms with Gasteiger partial charge in [0, 0.05) is 6.61 Å². The zero-order chi connectivity index (χ0) is 18.4. The molecule has 1 saturated carbocycles. The molecule has 0 radical (unpaired) electrons. The highest BCUT2D eigenvalue weighted by molar-refractivity contribution is 5.80. The predicted molar refractivity (Wildman–Crippen MR) is 76.3 cm³/mol. The zero-order valence-electron chi connectivity index (χ0n) is 13.2. The molecule has 9 atom stereocenters. The zero-order valence-corrected chi connectivity index (χ0v) is 13.2. The molecular weight excluding hydrogens is 342 g/mol. The summed E-state index contributed by atoms with van der Waals surface area (Å²) in [5, 5.41) is 66.1. The lowest BCUT2D eigenvalue weighted by atomic mass is 9.54. The number of rotatable bonds is 3. The van der Waals surface area contributed by atoms with E-state index in [9.17, 15) is 30.6 Å². The lowest BCUT2D eigenvalue weighted by molar-refractivity contribution is -0.557. The molecular formula is C13H21N3O9. The van der Waals surface area contributed by atoms with Crippen LogP contribution in [0.1, 0.15) is 6.92 Å². The van der Waals surface area contributed by atoms with Gasteiger partial charge in [-0.05, 0) is 6.92 Å². The normalized spacial score (nSPS) is 59.3. The summed E-state index contributed by atoms with van der Waals surface area (Å²) >= 11 is 0. The van der Waals surface area contributed by atoms with Gasteiger partial charge in [0.1, 0.15) is 29.5 Å². The Morgan fingerprint density at radius 2 is 1.88 bits per heavy atom. The quantitative estimate of drug-likeness (QED) is 0.223. The van der Waals surface area contributed by atoms with E-state index in [1.165, 1.54) is 0 Å². The maximum Gasteiger partial charge on any atom is 0.311 e. The lowest BCUT2D eigenvalue weighted by Gasteiger charge is -2.72. The molecule has 5 aliphatic rings. The number of hydrogen-bond donors (Lipinski definition) is 8. The Hall–Kier alpha value is -1.09. The van der Waals surface area contributed by atoms with Gasteiger partial charge in [0.15, 0.2) is 12.1 Å². The number of nitrogens with two attached hydrogens (primary N) is 1. The average molecular weight is 363 g/mol. The highest BCUT2D eigenvalue weighted by atomic mass is 16.9. The Labute approximate surface area is 141 Å². The van der Waals surface area contributed by atoms with E-state index in [4.69, 9.17) is 19.9 Å². The molecule has 5 rings (SSSR count). The molecule has 0 aromatic heterocycles. The molecule has 12 heteroatoms.